The molecule has 0 spiro atoms. The van der Waals surface area contributed by atoms with Gasteiger partial charge in [0, 0.05) is 12.8 Å². The number of ether oxygens (including phenoxy) is 4. The first-order chi connectivity index (χ1) is 39.6. The van der Waals surface area contributed by atoms with E-state index in [9.17, 15) is 19.5 Å². The van der Waals surface area contributed by atoms with Gasteiger partial charge in [0.05, 0.1) is 34.4 Å². The van der Waals surface area contributed by atoms with E-state index < -0.39 is 18.4 Å². The minimum Gasteiger partial charge on any atom is -0.477 e. The number of likely N-dealkylation sites (N-methyl/N-ethyl adjacent to an activating group) is 1. The van der Waals surface area contributed by atoms with Gasteiger partial charge in [0.1, 0.15) is 13.2 Å². The first-order valence-corrected chi connectivity index (χ1v) is 35.2. The molecule has 0 aliphatic heterocycles. The van der Waals surface area contributed by atoms with Crippen LogP contribution in [0.1, 0.15) is 348 Å². The zero-order chi connectivity index (χ0) is 59.1. The smallest absolute Gasteiger partial charge is 0.361 e. The second kappa shape index (κ2) is 63.5. The summed E-state index contributed by atoms with van der Waals surface area (Å²) >= 11 is 0. The highest BCUT2D eigenvalue weighted by molar-refractivity contribution is 5.71. The van der Waals surface area contributed by atoms with E-state index in [1.54, 1.807) is 0 Å². The topological polar surface area (TPSA) is 108 Å². The third-order valence-electron chi connectivity index (χ3n) is 15.9. The molecular weight excluding hydrogens is 1010 g/mol. The molecule has 476 valence electrons. The monoisotopic (exact) mass is 1140 g/mol. The number of allylic oxidation sites excluding steroid dienone is 6. The molecule has 0 amide bonds. The fourth-order valence-corrected chi connectivity index (χ4v) is 10.5. The van der Waals surface area contributed by atoms with Gasteiger partial charge in [-0.2, -0.15) is 0 Å². The van der Waals surface area contributed by atoms with E-state index in [-0.39, 0.29) is 38.2 Å². The molecule has 0 fully saturated rings. The van der Waals surface area contributed by atoms with Crippen LogP contribution in [0.3, 0.4) is 0 Å². The Morgan fingerprint density at radius 1 is 0.370 bits per heavy atom. The Kier molecular flexibility index (Phi) is 61.6. The van der Waals surface area contributed by atoms with Crippen molar-refractivity contribution in [2.24, 2.45) is 0 Å². The SMILES string of the molecule is CCCCCCC/C=C\C/C=C\CCCCCCCCCCCCCCCCCCCCCCCCCC(=O)OC(COC(=O)CCCCCCCCCCC/C=C\CCCCCCCCCC)COC(OCC[N+](C)(C)C)C(=O)O. The van der Waals surface area contributed by atoms with Crippen molar-refractivity contribution in [3.8, 4) is 0 Å². The standard InChI is InChI=1S/C72H135NO8/c1-6-8-10-12-14-16-18-20-22-24-26-28-29-30-31-32-33-34-35-36-37-38-39-40-41-43-45-47-49-51-53-55-57-59-61-63-70(75)81-68(67-80-72(71(76)77)78-65-64-73(3,4)5)66-79-69(74)62-60-58-56-54-52-50-48-46-44-42-27-25-23-21-19-17-15-13-11-9-7-2/h18,20,24-27,68,72H,6-17,19,21-23,28-67H2,1-5H3/p+1/b20-18-,26-24-,27-25-. The Morgan fingerprint density at radius 2 is 0.667 bits per heavy atom. The molecule has 0 radical (unpaired) electrons. The molecule has 0 bridgehead atoms. The summed E-state index contributed by atoms with van der Waals surface area (Å²) in [4.78, 5) is 37.6. The summed E-state index contributed by atoms with van der Waals surface area (Å²) in [6, 6.07) is 0. The molecule has 0 heterocycles. The van der Waals surface area contributed by atoms with Gasteiger partial charge >= 0.3 is 17.9 Å². The van der Waals surface area contributed by atoms with Crippen LogP contribution in [-0.2, 0) is 33.3 Å². The van der Waals surface area contributed by atoms with E-state index in [2.05, 4.69) is 50.3 Å². The highest BCUT2D eigenvalue weighted by Crippen LogP contribution is 2.18. The molecule has 2 atom stereocenters. The minimum absolute atomic E-state index is 0.178. The highest BCUT2D eigenvalue weighted by Gasteiger charge is 2.25. The third-order valence-corrected chi connectivity index (χ3v) is 15.9. The molecule has 9 nitrogen and oxygen atoms in total. The third kappa shape index (κ3) is 64.9. The quantitative estimate of drug-likeness (QED) is 0.0211. The van der Waals surface area contributed by atoms with Crippen molar-refractivity contribution in [3.05, 3.63) is 36.5 Å². The summed E-state index contributed by atoms with van der Waals surface area (Å²) in [6.45, 7) is 4.92. The Bertz CT molecular complexity index is 1420. The molecule has 2 unspecified atom stereocenters. The van der Waals surface area contributed by atoms with Crippen molar-refractivity contribution in [3.63, 3.8) is 0 Å². The van der Waals surface area contributed by atoms with Crippen LogP contribution in [0.4, 0.5) is 0 Å². The van der Waals surface area contributed by atoms with Crippen LogP contribution in [0.25, 0.3) is 0 Å². The van der Waals surface area contributed by atoms with Crippen LogP contribution >= 0.6 is 0 Å². The fourth-order valence-electron chi connectivity index (χ4n) is 10.5. The number of nitrogens with zero attached hydrogens (tertiary/aromatic N) is 1. The second-order valence-corrected chi connectivity index (χ2v) is 25.2. The molecule has 0 aromatic rings. The zero-order valence-electron chi connectivity index (χ0n) is 54.5. The van der Waals surface area contributed by atoms with E-state index >= 15 is 0 Å². The molecule has 81 heavy (non-hydrogen) atoms. The van der Waals surface area contributed by atoms with Gasteiger partial charge in [0.2, 0.25) is 0 Å². The predicted octanol–water partition coefficient (Wildman–Crippen LogP) is 21.6. The Labute approximate surface area is 502 Å². The summed E-state index contributed by atoms with van der Waals surface area (Å²) in [5.41, 5.74) is 0. The van der Waals surface area contributed by atoms with Gasteiger partial charge in [-0.1, -0.05) is 301 Å². The van der Waals surface area contributed by atoms with Gasteiger partial charge in [-0.05, 0) is 70.6 Å². The Balaban J connectivity index is 4.03. The maximum Gasteiger partial charge on any atom is 0.361 e. The summed E-state index contributed by atoms with van der Waals surface area (Å²) in [7, 11) is 5.99. The van der Waals surface area contributed by atoms with E-state index in [1.807, 2.05) is 21.1 Å². The van der Waals surface area contributed by atoms with Crippen LogP contribution < -0.4 is 0 Å². The second-order valence-electron chi connectivity index (χ2n) is 25.2. The van der Waals surface area contributed by atoms with E-state index in [0.29, 0.717) is 17.4 Å². The molecule has 0 aromatic carbocycles. The average molecular weight is 1140 g/mol. The number of carbonyl (C=O) groups is 3. The lowest BCUT2D eigenvalue weighted by Gasteiger charge is -2.25. The summed E-state index contributed by atoms with van der Waals surface area (Å²) in [5, 5.41) is 9.74. The van der Waals surface area contributed by atoms with Gasteiger partial charge in [0.25, 0.3) is 6.29 Å². The summed E-state index contributed by atoms with van der Waals surface area (Å²) in [5.74, 6) is -1.98. The number of aliphatic carboxylic acids is 1. The van der Waals surface area contributed by atoms with Gasteiger partial charge < -0.3 is 28.5 Å². The number of carboxylic acid groups (broad SMARTS) is 1. The maximum absolute atomic E-state index is 12.9. The minimum atomic E-state index is -1.51. The Hall–Kier alpha value is -2.49. The molecule has 0 aliphatic rings. The number of rotatable bonds is 66. The van der Waals surface area contributed by atoms with Crippen molar-refractivity contribution in [2.75, 3.05) is 47.5 Å². The fraction of sp³-hybridized carbons (Fsp3) is 0.875. The number of carbonyl (C=O) groups excluding carboxylic acids is 2. The number of quaternary nitrogens is 1. The molecular formula is C72H136NO8+. The first kappa shape index (κ1) is 78.5. The van der Waals surface area contributed by atoms with E-state index in [0.717, 1.165) is 44.9 Å². The van der Waals surface area contributed by atoms with Gasteiger partial charge in [0.15, 0.2) is 6.10 Å². The van der Waals surface area contributed by atoms with Crippen LogP contribution in [0.5, 0.6) is 0 Å². The number of hydrogen-bond acceptors (Lipinski definition) is 7. The lowest BCUT2D eigenvalue weighted by atomic mass is 10.0. The van der Waals surface area contributed by atoms with Crippen LogP contribution in [0.2, 0.25) is 0 Å². The number of esters is 2. The molecule has 0 aliphatic carbocycles. The lowest BCUT2D eigenvalue weighted by Crippen LogP contribution is -2.40. The summed E-state index contributed by atoms with van der Waals surface area (Å²) < 4.78 is 23.0. The molecule has 0 rings (SSSR count). The van der Waals surface area contributed by atoms with Crippen molar-refractivity contribution < 1.29 is 42.9 Å². The lowest BCUT2D eigenvalue weighted by molar-refractivity contribution is -0.870. The largest absolute Gasteiger partial charge is 0.477 e. The number of carboxylic acids is 1. The number of hydrogen-bond donors (Lipinski definition) is 1. The molecule has 1 N–H and O–H groups in total. The molecule has 9 heteroatoms. The molecule has 0 saturated carbocycles. The van der Waals surface area contributed by atoms with Crippen molar-refractivity contribution in [1.82, 2.24) is 0 Å². The summed E-state index contributed by atoms with van der Waals surface area (Å²) in [6.07, 6.45) is 76.9. The van der Waals surface area contributed by atoms with Gasteiger partial charge in [-0.15, -0.1) is 0 Å². The predicted molar refractivity (Wildman–Crippen MR) is 346 cm³/mol. The Morgan fingerprint density at radius 3 is 0.988 bits per heavy atom. The average Bonchev–Trinajstić information content (AvgIpc) is 3.44. The van der Waals surface area contributed by atoms with Crippen LogP contribution in [0.15, 0.2) is 36.5 Å². The van der Waals surface area contributed by atoms with Crippen molar-refractivity contribution in [2.45, 2.75) is 360 Å². The van der Waals surface area contributed by atoms with Crippen LogP contribution in [-0.4, -0.2) is 87.4 Å². The highest BCUT2D eigenvalue weighted by atomic mass is 16.7. The van der Waals surface area contributed by atoms with Gasteiger partial charge in [-0.3, -0.25) is 9.59 Å². The van der Waals surface area contributed by atoms with Crippen molar-refractivity contribution >= 4 is 17.9 Å². The van der Waals surface area contributed by atoms with Crippen molar-refractivity contribution in [1.29, 1.82) is 0 Å². The van der Waals surface area contributed by atoms with E-state index in [4.69, 9.17) is 18.9 Å². The normalized spacial score (nSPS) is 12.9. The first-order valence-electron chi connectivity index (χ1n) is 35.2. The zero-order valence-corrected chi connectivity index (χ0v) is 54.5. The van der Waals surface area contributed by atoms with Gasteiger partial charge in [-0.25, -0.2) is 4.79 Å². The number of unbranched alkanes of at least 4 members (excludes halogenated alkanes) is 45. The molecule has 0 saturated heterocycles. The molecule has 0 aromatic heterocycles. The van der Waals surface area contributed by atoms with E-state index in [1.165, 1.54) is 276 Å². The van der Waals surface area contributed by atoms with Crippen LogP contribution in [0, 0.1) is 0 Å². The maximum atomic E-state index is 12.9.